The van der Waals surface area contributed by atoms with Crippen molar-refractivity contribution in [1.29, 1.82) is 0 Å². The van der Waals surface area contributed by atoms with Crippen LogP contribution in [0.25, 0.3) is 0 Å². The molecule has 2 heterocycles. The fourth-order valence-corrected chi connectivity index (χ4v) is 1.67. The lowest BCUT2D eigenvalue weighted by atomic mass is 10.1. The van der Waals surface area contributed by atoms with Crippen molar-refractivity contribution < 1.29 is 18.0 Å². The molecular weight excluding hydrogens is 291 g/mol. The minimum Gasteiger partial charge on any atom is -0.305 e. The van der Waals surface area contributed by atoms with Crippen LogP contribution in [0.1, 0.15) is 17.4 Å². The van der Waals surface area contributed by atoms with Crippen molar-refractivity contribution in [2.24, 2.45) is 7.05 Å². The molecule has 8 nitrogen and oxygen atoms in total. The second kappa shape index (κ2) is 5.52. The Balaban J connectivity index is 2.11. The van der Waals surface area contributed by atoms with E-state index in [0.717, 1.165) is 0 Å². The zero-order chi connectivity index (χ0) is 15.6. The van der Waals surface area contributed by atoms with Crippen molar-refractivity contribution >= 4 is 11.9 Å². The number of H-pyrrole nitrogens is 1. The van der Waals surface area contributed by atoms with Crippen LogP contribution in [0.3, 0.4) is 0 Å². The van der Waals surface area contributed by atoms with Gasteiger partial charge in [0.15, 0.2) is 0 Å². The Labute approximate surface area is 116 Å². The van der Waals surface area contributed by atoms with Gasteiger partial charge in [-0.2, -0.15) is 23.3 Å². The number of aromatic amines is 1. The van der Waals surface area contributed by atoms with Crippen LogP contribution in [-0.2, 0) is 18.0 Å². The summed E-state index contributed by atoms with van der Waals surface area (Å²) < 4.78 is 38.6. The van der Waals surface area contributed by atoms with E-state index in [-0.39, 0.29) is 0 Å². The molecule has 1 atom stereocenters. The third kappa shape index (κ3) is 3.37. The molecule has 2 rings (SSSR count). The molecule has 2 aromatic rings. The summed E-state index contributed by atoms with van der Waals surface area (Å²) in [6.07, 6.45) is -1.57. The number of rotatable bonds is 4. The molecular formula is C10H12F3N7O. The SMILES string of the molecule is CNC(C(=O)Nc1n[nH]c(C(F)(F)F)n1)c1cnn(C)c1. The van der Waals surface area contributed by atoms with Crippen LogP contribution in [0.15, 0.2) is 12.4 Å². The van der Waals surface area contributed by atoms with E-state index in [4.69, 9.17) is 0 Å². The van der Waals surface area contributed by atoms with Crippen molar-refractivity contribution in [3.63, 3.8) is 0 Å². The Hall–Kier alpha value is -2.43. The molecule has 0 aromatic carbocycles. The second-order valence-corrected chi connectivity index (χ2v) is 4.16. The summed E-state index contributed by atoms with van der Waals surface area (Å²) >= 11 is 0. The largest absolute Gasteiger partial charge is 0.451 e. The summed E-state index contributed by atoms with van der Waals surface area (Å²) in [4.78, 5) is 15.2. The number of alkyl halides is 3. The Morgan fingerprint density at radius 3 is 2.67 bits per heavy atom. The maximum absolute atomic E-state index is 12.4. The van der Waals surface area contributed by atoms with Crippen LogP contribution >= 0.6 is 0 Å². The predicted octanol–water partition coefficient (Wildman–Crippen LogP) is 0.456. The average Bonchev–Trinajstić information content (AvgIpc) is 2.99. The highest BCUT2D eigenvalue weighted by Gasteiger charge is 2.35. The number of carbonyl (C=O) groups excluding carboxylic acids is 1. The molecule has 0 fully saturated rings. The Bertz CT molecular complexity index is 633. The number of amides is 1. The molecule has 0 aliphatic heterocycles. The molecule has 0 aliphatic rings. The van der Waals surface area contributed by atoms with Gasteiger partial charge in [-0.05, 0) is 7.05 Å². The van der Waals surface area contributed by atoms with E-state index in [0.29, 0.717) is 5.56 Å². The van der Waals surface area contributed by atoms with Crippen molar-refractivity contribution in [2.75, 3.05) is 12.4 Å². The lowest BCUT2D eigenvalue weighted by Gasteiger charge is -2.12. The van der Waals surface area contributed by atoms with Crippen molar-refractivity contribution in [1.82, 2.24) is 30.3 Å². The van der Waals surface area contributed by atoms with Gasteiger partial charge in [-0.3, -0.25) is 19.9 Å². The number of anilines is 1. The minimum atomic E-state index is -4.65. The molecule has 1 amide bonds. The number of aryl methyl sites for hydroxylation is 1. The highest BCUT2D eigenvalue weighted by molar-refractivity contribution is 5.94. The molecule has 2 aromatic heterocycles. The smallest absolute Gasteiger partial charge is 0.305 e. The van der Waals surface area contributed by atoms with Gasteiger partial charge in [-0.15, -0.1) is 5.10 Å². The van der Waals surface area contributed by atoms with E-state index < -0.39 is 29.9 Å². The fraction of sp³-hybridized carbons (Fsp3) is 0.400. The summed E-state index contributed by atoms with van der Waals surface area (Å²) in [5.74, 6) is -2.32. The molecule has 21 heavy (non-hydrogen) atoms. The van der Waals surface area contributed by atoms with E-state index >= 15 is 0 Å². The van der Waals surface area contributed by atoms with Gasteiger partial charge in [0, 0.05) is 18.8 Å². The van der Waals surface area contributed by atoms with Gasteiger partial charge < -0.3 is 5.32 Å². The van der Waals surface area contributed by atoms with Gasteiger partial charge in [0.2, 0.25) is 17.7 Å². The molecule has 0 bridgehead atoms. The molecule has 1 unspecified atom stereocenters. The molecule has 0 saturated carbocycles. The van der Waals surface area contributed by atoms with E-state index in [2.05, 4.69) is 25.8 Å². The normalized spacial score (nSPS) is 13.2. The van der Waals surface area contributed by atoms with Gasteiger partial charge in [0.25, 0.3) is 0 Å². The number of nitrogens with zero attached hydrogens (tertiary/aromatic N) is 4. The Morgan fingerprint density at radius 2 is 2.19 bits per heavy atom. The summed E-state index contributed by atoms with van der Waals surface area (Å²) in [6, 6.07) is -0.786. The van der Waals surface area contributed by atoms with E-state index in [9.17, 15) is 18.0 Å². The monoisotopic (exact) mass is 303 g/mol. The van der Waals surface area contributed by atoms with Crippen LogP contribution in [0, 0.1) is 0 Å². The minimum absolute atomic E-state index is 0.448. The van der Waals surface area contributed by atoms with E-state index in [1.54, 1.807) is 18.3 Å². The molecule has 3 N–H and O–H groups in total. The first-order chi connectivity index (χ1) is 9.81. The van der Waals surface area contributed by atoms with Crippen LogP contribution in [0.2, 0.25) is 0 Å². The second-order valence-electron chi connectivity index (χ2n) is 4.16. The first kappa shape index (κ1) is 15.0. The Morgan fingerprint density at radius 1 is 1.48 bits per heavy atom. The lowest BCUT2D eigenvalue weighted by Crippen LogP contribution is -2.30. The van der Waals surface area contributed by atoms with Gasteiger partial charge >= 0.3 is 6.18 Å². The number of aromatic nitrogens is 5. The van der Waals surface area contributed by atoms with Crippen LogP contribution in [-0.4, -0.2) is 37.9 Å². The zero-order valence-electron chi connectivity index (χ0n) is 11.1. The number of likely N-dealkylation sites (N-methyl/N-ethyl adjacent to an activating group) is 1. The lowest BCUT2D eigenvalue weighted by molar-refractivity contribution is -0.144. The van der Waals surface area contributed by atoms with Crippen molar-refractivity contribution in [3.8, 4) is 0 Å². The van der Waals surface area contributed by atoms with E-state index in [1.807, 2.05) is 0 Å². The van der Waals surface area contributed by atoms with Crippen LogP contribution < -0.4 is 10.6 Å². The van der Waals surface area contributed by atoms with Crippen molar-refractivity contribution in [2.45, 2.75) is 12.2 Å². The number of halogens is 3. The summed E-state index contributed by atoms with van der Waals surface area (Å²) in [7, 11) is 3.22. The molecule has 0 saturated heterocycles. The topological polar surface area (TPSA) is 101 Å². The molecule has 114 valence electrons. The summed E-state index contributed by atoms with van der Waals surface area (Å²) in [6.45, 7) is 0. The van der Waals surface area contributed by atoms with Crippen molar-refractivity contribution in [3.05, 3.63) is 23.8 Å². The van der Waals surface area contributed by atoms with Gasteiger partial charge in [0.05, 0.1) is 6.20 Å². The van der Waals surface area contributed by atoms with Gasteiger partial charge in [-0.25, -0.2) is 0 Å². The average molecular weight is 303 g/mol. The first-order valence-corrected chi connectivity index (χ1v) is 5.77. The summed E-state index contributed by atoms with van der Waals surface area (Å²) in [5.41, 5.74) is 0.559. The zero-order valence-corrected chi connectivity index (χ0v) is 11.1. The molecule has 11 heteroatoms. The highest BCUT2D eigenvalue weighted by Crippen LogP contribution is 2.26. The van der Waals surface area contributed by atoms with Crippen LogP contribution in [0.5, 0.6) is 0 Å². The molecule has 0 radical (unpaired) electrons. The summed E-state index contributed by atoms with van der Waals surface area (Å²) in [5, 5.41) is 13.9. The van der Waals surface area contributed by atoms with E-state index in [1.165, 1.54) is 17.9 Å². The molecule has 0 aliphatic carbocycles. The predicted molar refractivity (Wildman–Crippen MR) is 65.0 cm³/mol. The highest BCUT2D eigenvalue weighted by atomic mass is 19.4. The van der Waals surface area contributed by atoms with Crippen LogP contribution in [0.4, 0.5) is 19.1 Å². The third-order valence-corrected chi connectivity index (χ3v) is 2.60. The maximum atomic E-state index is 12.4. The maximum Gasteiger partial charge on any atom is 0.451 e. The first-order valence-electron chi connectivity index (χ1n) is 5.77. The number of hydrogen-bond donors (Lipinski definition) is 3. The number of nitrogens with one attached hydrogen (secondary N) is 3. The third-order valence-electron chi connectivity index (χ3n) is 2.60. The van der Waals surface area contributed by atoms with Gasteiger partial charge in [-0.1, -0.05) is 0 Å². The fourth-order valence-electron chi connectivity index (χ4n) is 1.67. The molecule has 0 spiro atoms. The Kier molecular flexibility index (Phi) is 3.93. The standard InChI is InChI=1S/C10H12F3N7O/c1-14-6(5-3-15-20(2)4-5)7(21)16-9-17-8(18-19-9)10(11,12)13/h3-4,6,14H,1-2H3,(H2,16,17,18,19,21). The number of hydrogen-bond acceptors (Lipinski definition) is 5. The number of carbonyl (C=O) groups is 1. The quantitative estimate of drug-likeness (QED) is 0.761. The van der Waals surface area contributed by atoms with Gasteiger partial charge in [0.1, 0.15) is 6.04 Å².